The van der Waals surface area contributed by atoms with Crippen LogP contribution in [0.3, 0.4) is 0 Å². The number of carbonyl (C=O) groups is 1. The van der Waals surface area contributed by atoms with E-state index in [1.165, 1.54) is 14.1 Å². The van der Waals surface area contributed by atoms with Crippen LogP contribution in [0.25, 0.3) is 0 Å². The van der Waals surface area contributed by atoms with E-state index in [-0.39, 0.29) is 12.5 Å². The molecule has 0 unspecified atom stereocenters. The fraction of sp³-hybridized carbons (Fsp3) is 0.421. The van der Waals surface area contributed by atoms with Crippen molar-refractivity contribution in [3.63, 3.8) is 0 Å². The molecule has 1 aliphatic rings. The largest absolute Gasteiger partial charge is 0.338 e. The average Bonchev–Trinajstić information content (AvgIpc) is 2.73. The summed E-state index contributed by atoms with van der Waals surface area (Å²) in [4.78, 5) is 25.1. The van der Waals surface area contributed by atoms with E-state index in [0.29, 0.717) is 37.8 Å². The van der Waals surface area contributed by atoms with Gasteiger partial charge in [-0.15, -0.1) is 0 Å². The molecule has 2 heterocycles. The minimum Gasteiger partial charge on any atom is -0.338 e. The van der Waals surface area contributed by atoms with Crippen molar-refractivity contribution < 1.29 is 13.2 Å². The van der Waals surface area contributed by atoms with Crippen LogP contribution >= 0.6 is 0 Å². The van der Waals surface area contributed by atoms with Gasteiger partial charge in [0.2, 0.25) is 11.9 Å². The van der Waals surface area contributed by atoms with Gasteiger partial charge in [0, 0.05) is 52.7 Å². The molecular formula is C19H26N6O3S. The third-order valence-corrected chi connectivity index (χ3v) is 6.63. The number of hydrogen-bond donors (Lipinski definition) is 0. The second-order valence-corrected chi connectivity index (χ2v) is 9.12. The highest BCUT2D eigenvalue weighted by molar-refractivity contribution is 7.90. The lowest BCUT2D eigenvalue weighted by Crippen LogP contribution is -2.53. The van der Waals surface area contributed by atoms with Crippen LogP contribution in [0, 0.1) is 6.92 Å². The Labute approximate surface area is 171 Å². The number of rotatable bonds is 6. The second-order valence-electron chi connectivity index (χ2n) is 7.05. The van der Waals surface area contributed by atoms with Crippen LogP contribution in [0.5, 0.6) is 0 Å². The van der Waals surface area contributed by atoms with E-state index in [0.717, 1.165) is 14.2 Å². The molecule has 0 aliphatic carbocycles. The number of benzene rings is 1. The fourth-order valence-electron chi connectivity index (χ4n) is 3.05. The number of anilines is 2. The topological polar surface area (TPSA) is 90.0 Å². The zero-order valence-corrected chi connectivity index (χ0v) is 17.7. The Bertz CT molecular complexity index is 926. The standard InChI is InChI=1S/C19H26N6O3S/c1-16-5-7-17(8-6-16)25(29(27,28)22(2)3)15-18(26)23-11-13-24(14-12-23)19-20-9-4-10-21-19/h4-10H,11-15H2,1-3H3. The van der Waals surface area contributed by atoms with E-state index in [1.807, 2.05) is 24.0 Å². The summed E-state index contributed by atoms with van der Waals surface area (Å²) in [7, 11) is -0.888. The Morgan fingerprint density at radius 3 is 2.17 bits per heavy atom. The molecule has 156 valence electrons. The third kappa shape index (κ3) is 4.83. The third-order valence-electron chi connectivity index (χ3n) is 4.81. The minimum absolute atomic E-state index is 0.232. The molecule has 0 radical (unpaired) electrons. The van der Waals surface area contributed by atoms with E-state index in [2.05, 4.69) is 9.97 Å². The first kappa shape index (κ1) is 21.0. The quantitative estimate of drug-likeness (QED) is 0.688. The predicted molar refractivity (Wildman–Crippen MR) is 112 cm³/mol. The minimum atomic E-state index is -3.80. The highest BCUT2D eigenvalue weighted by Gasteiger charge is 2.30. The molecule has 1 amide bonds. The van der Waals surface area contributed by atoms with Gasteiger partial charge in [-0.2, -0.15) is 12.7 Å². The summed E-state index contributed by atoms with van der Waals surface area (Å²) in [5, 5.41) is 0. The Morgan fingerprint density at radius 1 is 1.03 bits per heavy atom. The number of piperazine rings is 1. The number of aryl methyl sites for hydroxylation is 1. The van der Waals surface area contributed by atoms with Crippen LogP contribution in [0.15, 0.2) is 42.7 Å². The molecule has 0 N–H and O–H groups in total. The van der Waals surface area contributed by atoms with Gasteiger partial charge in [-0.1, -0.05) is 17.7 Å². The van der Waals surface area contributed by atoms with Crippen LogP contribution in [0.2, 0.25) is 0 Å². The molecule has 9 nitrogen and oxygen atoms in total. The van der Waals surface area contributed by atoms with Gasteiger partial charge in [-0.3, -0.25) is 4.79 Å². The van der Waals surface area contributed by atoms with Gasteiger partial charge in [0.15, 0.2) is 0 Å². The van der Waals surface area contributed by atoms with Crippen LogP contribution in [0.1, 0.15) is 5.56 Å². The van der Waals surface area contributed by atoms with Gasteiger partial charge in [-0.25, -0.2) is 14.3 Å². The van der Waals surface area contributed by atoms with Crippen LogP contribution in [0.4, 0.5) is 11.6 Å². The van der Waals surface area contributed by atoms with Gasteiger partial charge >= 0.3 is 10.2 Å². The fourth-order valence-corrected chi connectivity index (χ4v) is 4.10. The highest BCUT2D eigenvalue weighted by atomic mass is 32.2. The smallest absolute Gasteiger partial charge is 0.304 e. The number of carbonyl (C=O) groups excluding carboxylic acids is 1. The Morgan fingerprint density at radius 2 is 1.62 bits per heavy atom. The van der Waals surface area contributed by atoms with E-state index < -0.39 is 10.2 Å². The zero-order valence-electron chi connectivity index (χ0n) is 16.9. The first-order valence-electron chi connectivity index (χ1n) is 9.35. The van der Waals surface area contributed by atoms with Crippen molar-refractivity contribution in [3.05, 3.63) is 48.3 Å². The zero-order chi connectivity index (χ0) is 21.0. The summed E-state index contributed by atoms with van der Waals surface area (Å²) in [6.07, 6.45) is 3.37. The number of hydrogen-bond acceptors (Lipinski definition) is 6. The molecule has 1 fully saturated rings. The maximum Gasteiger partial charge on any atom is 0.304 e. The van der Waals surface area contributed by atoms with Gasteiger partial charge < -0.3 is 9.80 Å². The maximum absolute atomic E-state index is 12.9. The van der Waals surface area contributed by atoms with Crippen LogP contribution in [-0.4, -0.2) is 80.3 Å². The highest BCUT2D eigenvalue weighted by Crippen LogP contribution is 2.21. The van der Waals surface area contributed by atoms with Gasteiger partial charge in [0.1, 0.15) is 6.54 Å². The summed E-state index contributed by atoms with van der Waals surface area (Å²) in [5.41, 5.74) is 1.48. The van der Waals surface area contributed by atoms with Crippen LogP contribution < -0.4 is 9.21 Å². The first-order valence-corrected chi connectivity index (χ1v) is 10.8. The second kappa shape index (κ2) is 8.75. The molecule has 0 bridgehead atoms. The molecule has 1 aliphatic heterocycles. The Balaban J connectivity index is 1.71. The summed E-state index contributed by atoms with van der Waals surface area (Å²) in [6, 6.07) is 8.85. The average molecular weight is 419 g/mol. The molecule has 1 aromatic carbocycles. The summed E-state index contributed by atoms with van der Waals surface area (Å²) < 4.78 is 27.9. The number of nitrogens with zero attached hydrogens (tertiary/aromatic N) is 6. The molecule has 1 aromatic heterocycles. The Hall–Kier alpha value is -2.72. The van der Waals surface area contributed by atoms with Crippen molar-refractivity contribution in [2.24, 2.45) is 0 Å². The van der Waals surface area contributed by atoms with E-state index >= 15 is 0 Å². The summed E-state index contributed by atoms with van der Waals surface area (Å²) in [6.45, 7) is 3.85. The molecule has 0 saturated carbocycles. The molecule has 2 aromatic rings. The summed E-state index contributed by atoms with van der Waals surface area (Å²) >= 11 is 0. The van der Waals surface area contributed by atoms with Crippen molar-refractivity contribution in [2.45, 2.75) is 6.92 Å². The van der Waals surface area contributed by atoms with Crippen molar-refractivity contribution in [1.82, 2.24) is 19.2 Å². The van der Waals surface area contributed by atoms with Crippen molar-refractivity contribution >= 4 is 27.8 Å². The van der Waals surface area contributed by atoms with Crippen molar-refractivity contribution in [2.75, 3.05) is 56.0 Å². The molecule has 1 saturated heterocycles. The van der Waals surface area contributed by atoms with Crippen LogP contribution in [-0.2, 0) is 15.0 Å². The molecule has 3 rings (SSSR count). The predicted octanol–water partition coefficient (Wildman–Crippen LogP) is 0.747. The molecule has 0 spiro atoms. The summed E-state index contributed by atoms with van der Waals surface area (Å²) in [5.74, 6) is 0.403. The van der Waals surface area contributed by atoms with Crippen molar-refractivity contribution in [3.8, 4) is 0 Å². The van der Waals surface area contributed by atoms with Gasteiger partial charge in [-0.05, 0) is 25.1 Å². The van der Waals surface area contributed by atoms with Gasteiger partial charge in [0.25, 0.3) is 0 Å². The molecule has 0 atom stereocenters. The maximum atomic E-state index is 12.9. The number of amides is 1. The normalized spacial score (nSPS) is 14.9. The molecule has 29 heavy (non-hydrogen) atoms. The SMILES string of the molecule is Cc1ccc(N(CC(=O)N2CCN(c3ncccn3)CC2)S(=O)(=O)N(C)C)cc1. The van der Waals surface area contributed by atoms with E-state index in [9.17, 15) is 13.2 Å². The monoisotopic (exact) mass is 418 g/mol. The lowest BCUT2D eigenvalue weighted by atomic mass is 10.2. The molecule has 10 heteroatoms. The Kier molecular flexibility index (Phi) is 6.33. The molecular weight excluding hydrogens is 392 g/mol. The lowest BCUT2D eigenvalue weighted by molar-refractivity contribution is -0.129. The first-order chi connectivity index (χ1) is 13.8. The van der Waals surface area contributed by atoms with E-state index in [4.69, 9.17) is 0 Å². The van der Waals surface area contributed by atoms with Gasteiger partial charge in [0.05, 0.1) is 5.69 Å². The van der Waals surface area contributed by atoms with Crippen molar-refractivity contribution in [1.29, 1.82) is 0 Å². The number of aromatic nitrogens is 2. The van der Waals surface area contributed by atoms with E-state index in [1.54, 1.807) is 35.5 Å². The lowest BCUT2D eigenvalue weighted by Gasteiger charge is -2.36.